The molecule has 3 nitrogen and oxygen atoms in total. The summed E-state index contributed by atoms with van der Waals surface area (Å²) in [6, 6.07) is 7.99. The van der Waals surface area contributed by atoms with Gasteiger partial charge in [0.05, 0.1) is 5.56 Å². The molecule has 2 aromatic rings. The van der Waals surface area contributed by atoms with E-state index in [1.165, 1.54) is 22.5 Å². The Morgan fingerprint density at radius 3 is 3.06 bits per heavy atom. The predicted octanol–water partition coefficient (Wildman–Crippen LogP) is 2.65. The maximum atomic E-state index is 11.9. The Labute approximate surface area is 110 Å². The van der Waals surface area contributed by atoms with Crippen molar-refractivity contribution in [2.45, 2.75) is 13.0 Å². The summed E-state index contributed by atoms with van der Waals surface area (Å²) >= 11 is 1.53. The van der Waals surface area contributed by atoms with E-state index in [-0.39, 0.29) is 5.91 Å². The molecular weight excluding hydrogens is 244 g/mol. The Morgan fingerprint density at radius 1 is 1.28 bits per heavy atom. The van der Waals surface area contributed by atoms with Crippen LogP contribution in [0.4, 0.5) is 5.69 Å². The largest absolute Gasteiger partial charge is 0.322 e. The van der Waals surface area contributed by atoms with Crippen molar-refractivity contribution in [3.63, 3.8) is 0 Å². The van der Waals surface area contributed by atoms with Gasteiger partial charge in [0.25, 0.3) is 5.91 Å². The minimum atomic E-state index is -0.0417. The van der Waals surface area contributed by atoms with E-state index in [1.807, 2.05) is 22.9 Å². The molecule has 0 saturated carbocycles. The molecule has 2 N–H and O–H groups in total. The number of benzene rings is 1. The first-order valence-electron chi connectivity index (χ1n) is 5.99. The molecule has 0 saturated heterocycles. The fraction of sp³-hybridized carbons (Fsp3) is 0.214. The van der Waals surface area contributed by atoms with Gasteiger partial charge in [0.1, 0.15) is 0 Å². The van der Waals surface area contributed by atoms with E-state index in [4.69, 9.17) is 0 Å². The molecule has 0 spiro atoms. The second kappa shape index (κ2) is 4.92. The molecule has 0 unspecified atom stereocenters. The monoisotopic (exact) mass is 258 g/mol. The number of hydrogen-bond donors (Lipinski definition) is 2. The Kier molecular flexibility index (Phi) is 3.13. The van der Waals surface area contributed by atoms with E-state index in [0.29, 0.717) is 0 Å². The van der Waals surface area contributed by atoms with Gasteiger partial charge in [-0.3, -0.25) is 4.79 Å². The summed E-state index contributed by atoms with van der Waals surface area (Å²) in [4.78, 5) is 11.9. The highest BCUT2D eigenvalue weighted by Crippen LogP contribution is 2.19. The lowest BCUT2D eigenvalue weighted by Gasteiger charge is -2.18. The van der Waals surface area contributed by atoms with Crippen molar-refractivity contribution in [2.24, 2.45) is 0 Å². The number of carbonyl (C=O) groups is 1. The highest BCUT2D eigenvalue weighted by Gasteiger charge is 2.11. The Hall–Kier alpha value is -1.65. The van der Waals surface area contributed by atoms with Crippen molar-refractivity contribution in [2.75, 3.05) is 11.9 Å². The van der Waals surface area contributed by atoms with Gasteiger partial charge in [-0.1, -0.05) is 6.07 Å². The molecule has 4 heteroatoms. The zero-order valence-corrected chi connectivity index (χ0v) is 10.7. The van der Waals surface area contributed by atoms with E-state index in [2.05, 4.69) is 22.8 Å². The highest BCUT2D eigenvalue weighted by molar-refractivity contribution is 7.08. The van der Waals surface area contributed by atoms with Crippen molar-refractivity contribution >= 4 is 22.9 Å². The van der Waals surface area contributed by atoms with Crippen molar-refractivity contribution in [1.82, 2.24) is 5.32 Å². The lowest BCUT2D eigenvalue weighted by Crippen LogP contribution is -2.23. The van der Waals surface area contributed by atoms with Crippen LogP contribution in [0, 0.1) is 0 Å². The quantitative estimate of drug-likeness (QED) is 0.869. The van der Waals surface area contributed by atoms with E-state index in [0.717, 1.165) is 30.8 Å². The number of anilines is 1. The van der Waals surface area contributed by atoms with Crippen molar-refractivity contribution < 1.29 is 4.79 Å². The molecule has 0 bridgehead atoms. The topological polar surface area (TPSA) is 41.1 Å². The molecule has 0 fully saturated rings. The van der Waals surface area contributed by atoms with E-state index in [9.17, 15) is 4.79 Å². The number of thiophene rings is 1. The average molecular weight is 258 g/mol. The zero-order valence-electron chi connectivity index (χ0n) is 9.90. The third kappa shape index (κ3) is 2.30. The Morgan fingerprint density at radius 2 is 2.22 bits per heavy atom. The molecular formula is C14H14N2OS. The average Bonchev–Trinajstić information content (AvgIpc) is 2.92. The number of hydrogen-bond acceptors (Lipinski definition) is 3. The second-order valence-corrected chi connectivity index (χ2v) is 5.16. The summed E-state index contributed by atoms with van der Waals surface area (Å²) in [6.07, 6.45) is 1.06. The number of amides is 1. The first-order valence-corrected chi connectivity index (χ1v) is 6.93. The molecule has 1 aromatic heterocycles. The van der Waals surface area contributed by atoms with Crippen molar-refractivity contribution in [1.29, 1.82) is 0 Å². The fourth-order valence-electron chi connectivity index (χ4n) is 2.16. The zero-order chi connectivity index (χ0) is 12.4. The summed E-state index contributed by atoms with van der Waals surface area (Å²) < 4.78 is 0. The molecule has 1 amide bonds. The minimum absolute atomic E-state index is 0.0417. The first-order chi connectivity index (χ1) is 8.83. The second-order valence-electron chi connectivity index (χ2n) is 4.38. The van der Waals surface area contributed by atoms with E-state index >= 15 is 0 Å². The minimum Gasteiger partial charge on any atom is -0.322 e. The van der Waals surface area contributed by atoms with Gasteiger partial charge in [0.2, 0.25) is 0 Å². The van der Waals surface area contributed by atoms with Gasteiger partial charge in [0, 0.05) is 17.6 Å². The summed E-state index contributed by atoms with van der Waals surface area (Å²) in [5.74, 6) is -0.0417. The van der Waals surface area contributed by atoms with Crippen LogP contribution in [0.1, 0.15) is 21.5 Å². The standard InChI is InChI=1S/C14H14N2OS/c17-14(11-4-6-18-9-11)16-13-2-1-10-3-5-15-8-12(10)7-13/h1-2,4,6-7,9,15H,3,5,8H2,(H,16,17). The maximum absolute atomic E-state index is 11.9. The van der Waals surface area contributed by atoms with Crippen LogP contribution in [0.5, 0.6) is 0 Å². The van der Waals surface area contributed by atoms with Crippen LogP contribution >= 0.6 is 11.3 Å². The lowest BCUT2D eigenvalue weighted by atomic mass is 10.0. The number of rotatable bonds is 2. The molecule has 1 aliphatic rings. The van der Waals surface area contributed by atoms with Crippen LogP contribution in [0.3, 0.4) is 0 Å². The van der Waals surface area contributed by atoms with Crippen LogP contribution in [0.2, 0.25) is 0 Å². The first kappa shape index (κ1) is 11.4. The van der Waals surface area contributed by atoms with Gasteiger partial charge in [-0.25, -0.2) is 0 Å². The van der Waals surface area contributed by atoms with Gasteiger partial charge in [-0.15, -0.1) is 0 Å². The smallest absolute Gasteiger partial charge is 0.256 e. The molecule has 18 heavy (non-hydrogen) atoms. The Bertz CT molecular complexity index is 563. The van der Waals surface area contributed by atoms with Crippen LogP contribution in [-0.2, 0) is 13.0 Å². The van der Waals surface area contributed by atoms with Gasteiger partial charge < -0.3 is 10.6 Å². The molecule has 1 aliphatic heterocycles. The SMILES string of the molecule is O=C(Nc1ccc2c(c1)CNCC2)c1ccsc1. The third-order valence-corrected chi connectivity index (χ3v) is 3.82. The predicted molar refractivity (Wildman–Crippen MR) is 74.1 cm³/mol. The van der Waals surface area contributed by atoms with Crippen LogP contribution in [0.15, 0.2) is 35.0 Å². The molecule has 1 aromatic carbocycles. The molecule has 0 aliphatic carbocycles. The summed E-state index contributed by atoms with van der Waals surface area (Å²) in [6.45, 7) is 1.92. The Balaban J connectivity index is 1.79. The van der Waals surface area contributed by atoms with Crippen LogP contribution < -0.4 is 10.6 Å². The summed E-state index contributed by atoms with van der Waals surface area (Å²) in [7, 11) is 0. The van der Waals surface area contributed by atoms with E-state index < -0.39 is 0 Å². The highest BCUT2D eigenvalue weighted by atomic mass is 32.1. The number of nitrogens with one attached hydrogen (secondary N) is 2. The van der Waals surface area contributed by atoms with E-state index in [1.54, 1.807) is 0 Å². The third-order valence-electron chi connectivity index (χ3n) is 3.13. The fourth-order valence-corrected chi connectivity index (χ4v) is 2.79. The molecule has 2 heterocycles. The normalized spacial score (nSPS) is 14.0. The molecule has 3 rings (SSSR count). The molecule has 0 atom stereocenters. The maximum Gasteiger partial charge on any atom is 0.256 e. The molecule has 0 radical (unpaired) electrons. The number of fused-ring (bicyclic) bond motifs is 1. The number of carbonyl (C=O) groups excluding carboxylic acids is 1. The van der Waals surface area contributed by atoms with Crippen LogP contribution in [0.25, 0.3) is 0 Å². The van der Waals surface area contributed by atoms with Crippen molar-refractivity contribution in [3.8, 4) is 0 Å². The van der Waals surface area contributed by atoms with Crippen LogP contribution in [-0.4, -0.2) is 12.5 Å². The summed E-state index contributed by atoms with van der Waals surface area (Å²) in [5, 5.41) is 10.0. The van der Waals surface area contributed by atoms with Gasteiger partial charge in [-0.2, -0.15) is 11.3 Å². The van der Waals surface area contributed by atoms with Gasteiger partial charge in [-0.05, 0) is 47.7 Å². The lowest BCUT2D eigenvalue weighted by molar-refractivity contribution is 0.102. The van der Waals surface area contributed by atoms with Gasteiger partial charge in [0.15, 0.2) is 0 Å². The van der Waals surface area contributed by atoms with Crippen molar-refractivity contribution in [3.05, 3.63) is 51.7 Å². The van der Waals surface area contributed by atoms with Gasteiger partial charge >= 0.3 is 0 Å². The molecule has 92 valence electrons. The summed E-state index contributed by atoms with van der Waals surface area (Å²) in [5.41, 5.74) is 4.25.